The van der Waals surface area contributed by atoms with Gasteiger partial charge in [0.15, 0.2) is 0 Å². The van der Waals surface area contributed by atoms with Crippen molar-refractivity contribution < 1.29 is 9.59 Å². The lowest BCUT2D eigenvalue weighted by Gasteiger charge is -2.37. The summed E-state index contributed by atoms with van der Waals surface area (Å²) in [6, 6.07) is 6.71. The summed E-state index contributed by atoms with van der Waals surface area (Å²) in [5.41, 5.74) is 1.88. The number of carbonyl (C=O) groups is 2. The number of nitrogens with one attached hydrogen (secondary N) is 1. The van der Waals surface area contributed by atoms with Gasteiger partial charge in [0.05, 0.1) is 16.1 Å². The highest BCUT2D eigenvalue weighted by Crippen LogP contribution is 2.27. The van der Waals surface area contributed by atoms with Gasteiger partial charge < -0.3 is 10.2 Å². The molecular weight excluding hydrogens is 326 g/mol. The van der Waals surface area contributed by atoms with E-state index in [4.69, 9.17) is 11.6 Å². The predicted molar refractivity (Wildman–Crippen MR) is 94.2 cm³/mol. The lowest BCUT2D eigenvalue weighted by Crippen LogP contribution is -2.59. The van der Waals surface area contributed by atoms with E-state index in [0.29, 0.717) is 34.6 Å². The Bertz CT molecular complexity index is 819. The second kappa shape index (κ2) is 6.40. The first-order valence-corrected chi connectivity index (χ1v) is 8.42. The lowest BCUT2D eigenvalue weighted by molar-refractivity contribution is -0.129. The molecule has 1 aromatic carbocycles. The van der Waals surface area contributed by atoms with Crippen LogP contribution in [0.1, 0.15) is 29.9 Å². The fraction of sp³-hybridized carbons (Fsp3) is 0.389. The fourth-order valence-corrected chi connectivity index (χ4v) is 3.47. The number of fused-ring (bicyclic) bond motifs is 1. The van der Waals surface area contributed by atoms with Gasteiger partial charge in [0.2, 0.25) is 5.91 Å². The summed E-state index contributed by atoms with van der Waals surface area (Å²) in [7, 11) is 0. The van der Waals surface area contributed by atoms with E-state index in [0.717, 1.165) is 5.69 Å². The second-order valence-corrected chi connectivity index (χ2v) is 6.83. The molecule has 126 valence electrons. The maximum atomic E-state index is 13.2. The molecule has 1 fully saturated rings. The van der Waals surface area contributed by atoms with Crippen molar-refractivity contribution in [2.45, 2.75) is 26.8 Å². The minimum absolute atomic E-state index is 0.0343. The Morgan fingerprint density at radius 1 is 1.42 bits per heavy atom. The van der Waals surface area contributed by atoms with Crippen LogP contribution in [0, 0.1) is 12.8 Å². The van der Waals surface area contributed by atoms with E-state index in [1.807, 2.05) is 26.8 Å². The fourth-order valence-electron chi connectivity index (χ4n) is 3.25. The summed E-state index contributed by atoms with van der Waals surface area (Å²) in [6.45, 7) is 6.70. The van der Waals surface area contributed by atoms with Gasteiger partial charge in [0.1, 0.15) is 6.04 Å². The monoisotopic (exact) mass is 345 g/mol. The number of benzene rings is 1. The van der Waals surface area contributed by atoms with Gasteiger partial charge in [-0.2, -0.15) is 0 Å². The topological polar surface area (TPSA) is 62.3 Å². The number of piperazine rings is 1. The Kier molecular flexibility index (Phi) is 4.45. The van der Waals surface area contributed by atoms with Gasteiger partial charge in [0, 0.05) is 24.2 Å². The molecule has 0 radical (unpaired) electrons. The SMILES string of the molecule is Cc1cc(C(=O)N2CCNC(=O)[C@@H]2C(C)C)c2cccc(Cl)c2n1. The van der Waals surface area contributed by atoms with Crippen molar-refractivity contribution in [2.24, 2.45) is 5.92 Å². The van der Waals surface area contributed by atoms with Crippen LogP contribution in [-0.4, -0.2) is 40.8 Å². The minimum Gasteiger partial charge on any atom is -0.353 e. The molecular formula is C18H20ClN3O2. The van der Waals surface area contributed by atoms with Crippen molar-refractivity contribution in [3.05, 3.63) is 40.5 Å². The molecule has 1 aromatic heterocycles. The van der Waals surface area contributed by atoms with Crippen LogP contribution >= 0.6 is 11.6 Å². The number of halogens is 1. The zero-order valence-electron chi connectivity index (χ0n) is 14.0. The molecule has 3 rings (SSSR count). The maximum Gasteiger partial charge on any atom is 0.255 e. The Morgan fingerprint density at radius 3 is 2.88 bits per heavy atom. The Morgan fingerprint density at radius 2 is 2.17 bits per heavy atom. The smallest absolute Gasteiger partial charge is 0.255 e. The average molecular weight is 346 g/mol. The van der Waals surface area contributed by atoms with E-state index in [9.17, 15) is 9.59 Å². The van der Waals surface area contributed by atoms with E-state index in [2.05, 4.69) is 10.3 Å². The van der Waals surface area contributed by atoms with E-state index in [-0.39, 0.29) is 17.7 Å². The van der Waals surface area contributed by atoms with Crippen molar-refractivity contribution in [2.75, 3.05) is 13.1 Å². The van der Waals surface area contributed by atoms with E-state index in [1.54, 1.807) is 23.1 Å². The third-order valence-corrected chi connectivity index (χ3v) is 4.60. The van der Waals surface area contributed by atoms with E-state index >= 15 is 0 Å². The summed E-state index contributed by atoms with van der Waals surface area (Å²) in [6.07, 6.45) is 0. The number of aromatic nitrogens is 1. The lowest BCUT2D eigenvalue weighted by atomic mass is 9.97. The van der Waals surface area contributed by atoms with Gasteiger partial charge >= 0.3 is 0 Å². The van der Waals surface area contributed by atoms with Crippen LogP contribution in [-0.2, 0) is 4.79 Å². The quantitative estimate of drug-likeness (QED) is 0.910. The molecule has 2 amide bonds. The van der Waals surface area contributed by atoms with Crippen LogP contribution in [0.3, 0.4) is 0 Å². The molecule has 1 aliphatic heterocycles. The Balaban J connectivity index is 2.11. The molecule has 6 heteroatoms. The number of amides is 2. The van der Waals surface area contributed by atoms with Gasteiger partial charge in [-0.05, 0) is 25.0 Å². The van der Waals surface area contributed by atoms with Crippen LogP contribution in [0.25, 0.3) is 10.9 Å². The van der Waals surface area contributed by atoms with Gasteiger partial charge in [0.25, 0.3) is 5.91 Å². The molecule has 2 aromatic rings. The molecule has 24 heavy (non-hydrogen) atoms. The molecule has 0 bridgehead atoms. The number of hydrogen-bond acceptors (Lipinski definition) is 3. The summed E-state index contributed by atoms with van der Waals surface area (Å²) < 4.78 is 0. The van der Waals surface area contributed by atoms with E-state index in [1.165, 1.54) is 0 Å². The zero-order valence-corrected chi connectivity index (χ0v) is 14.7. The van der Waals surface area contributed by atoms with Crippen molar-refractivity contribution in [3.8, 4) is 0 Å². The van der Waals surface area contributed by atoms with Crippen molar-refractivity contribution in [3.63, 3.8) is 0 Å². The Hall–Kier alpha value is -2.14. The number of nitrogens with zero attached hydrogens (tertiary/aromatic N) is 2. The number of aryl methyl sites for hydroxylation is 1. The summed E-state index contributed by atoms with van der Waals surface area (Å²) in [4.78, 5) is 31.6. The van der Waals surface area contributed by atoms with Crippen LogP contribution in [0.4, 0.5) is 0 Å². The first-order valence-electron chi connectivity index (χ1n) is 8.04. The molecule has 0 spiro atoms. The molecule has 1 atom stereocenters. The van der Waals surface area contributed by atoms with Crippen LogP contribution in [0.15, 0.2) is 24.3 Å². The number of carbonyl (C=O) groups excluding carboxylic acids is 2. The molecule has 0 aliphatic carbocycles. The van der Waals surface area contributed by atoms with Crippen LogP contribution < -0.4 is 5.32 Å². The number of hydrogen-bond donors (Lipinski definition) is 1. The van der Waals surface area contributed by atoms with E-state index < -0.39 is 6.04 Å². The zero-order chi connectivity index (χ0) is 17.4. The molecule has 0 saturated carbocycles. The molecule has 2 heterocycles. The van der Waals surface area contributed by atoms with Gasteiger partial charge in [-0.15, -0.1) is 0 Å². The molecule has 1 saturated heterocycles. The predicted octanol–water partition coefficient (Wildman–Crippen LogP) is 2.79. The first kappa shape index (κ1) is 16.7. The van der Waals surface area contributed by atoms with Gasteiger partial charge in [-0.1, -0.05) is 37.6 Å². The molecule has 1 N–H and O–H groups in total. The average Bonchev–Trinajstić information content (AvgIpc) is 2.54. The highest BCUT2D eigenvalue weighted by Gasteiger charge is 2.36. The normalized spacial score (nSPS) is 18.1. The summed E-state index contributed by atoms with van der Waals surface area (Å²) >= 11 is 6.24. The largest absolute Gasteiger partial charge is 0.353 e. The second-order valence-electron chi connectivity index (χ2n) is 6.43. The summed E-state index contributed by atoms with van der Waals surface area (Å²) in [5.74, 6) is -0.217. The Labute approximate surface area is 146 Å². The van der Waals surface area contributed by atoms with Gasteiger partial charge in [-0.25, -0.2) is 0 Å². The highest BCUT2D eigenvalue weighted by atomic mass is 35.5. The van der Waals surface area contributed by atoms with Crippen molar-refractivity contribution in [1.29, 1.82) is 0 Å². The third kappa shape index (κ3) is 2.84. The standard InChI is InChI=1S/C18H20ClN3O2/c1-10(2)16-17(23)20-7-8-22(16)18(24)13-9-11(3)21-15-12(13)5-4-6-14(15)19/h4-6,9-10,16H,7-8H2,1-3H3,(H,20,23)/t16-/m0/s1. The van der Waals surface area contributed by atoms with Crippen LogP contribution in [0.2, 0.25) is 5.02 Å². The number of pyridine rings is 1. The van der Waals surface area contributed by atoms with Crippen molar-refractivity contribution >= 4 is 34.3 Å². The highest BCUT2D eigenvalue weighted by molar-refractivity contribution is 6.35. The first-order chi connectivity index (χ1) is 11.4. The van der Waals surface area contributed by atoms with Crippen LogP contribution in [0.5, 0.6) is 0 Å². The maximum absolute atomic E-state index is 13.2. The molecule has 1 aliphatic rings. The van der Waals surface area contributed by atoms with Gasteiger partial charge in [-0.3, -0.25) is 14.6 Å². The molecule has 0 unspecified atom stereocenters. The molecule has 5 nitrogen and oxygen atoms in total. The summed E-state index contributed by atoms with van der Waals surface area (Å²) in [5, 5.41) is 4.07. The third-order valence-electron chi connectivity index (χ3n) is 4.30. The number of para-hydroxylation sites is 1. The minimum atomic E-state index is -0.464. The van der Waals surface area contributed by atoms with Crippen molar-refractivity contribution in [1.82, 2.24) is 15.2 Å². The number of rotatable bonds is 2.